The molecule has 1 aromatic carbocycles. The normalized spacial score (nSPS) is 10.2. The average molecular weight is 228 g/mol. The van der Waals surface area contributed by atoms with E-state index in [1.807, 2.05) is 29.1 Å². The van der Waals surface area contributed by atoms with E-state index in [4.69, 9.17) is 0 Å². The Bertz CT molecular complexity index is 525. The monoisotopic (exact) mass is 228 g/mol. The largest absolute Gasteiger partial charge is 0.383 e. The first-order valence-corrected chi connectivity index (χ1v) is 5.71. The van der Waals surface area contributed by atoms with E-state index in [9.17, 15) is 4.79 Å². The number of benzene rings is 1. The number of nitrogens with zero attached hydrogens (tertiary/aromatic N) is 1. The number of aryl methyl sites for hydroxylation is 1. The summed E-state index contributed by atoms with van der Waals surface area (Å²) >= 11 is 0. The Morgan fingerprint density at radius 1 is 1.12 bits per heavy atom. The van der Waals surface area contributed by atoms with E-state index >= 15 is 0 Å². The lowest BCUT2D eigenvalue weighted by molar-refractivity contribution is 0.720. The molecule has 3 heteroatoms. The standard InChI is InChI=1S/C14H16N2O/c1-12-4-2-3-5-14(12)15-8-11-16-9-6-13(17)7-10-16/h2-7,9-10,15H,8,11H2,1H3. The second-order valence-corrected chi connectivity index (χ2v) is 4.01. The van der Waals surface area contributed by atoms with Gasteiger partial charge in [0.2, 0.25) is 0 Å². The molecule has 17 heavy (non-hydrogen) atoms. The van der Waals surface area contributed by atoms with Crippen LogP contribution in [0.2, 0.25) is 0 Å². The van der Waals surface area contributed by atoms with Crippen LogP contribution in [0.5, 0.6) is 0 Å². The molecule has 2 rings (SSSR count). The molecule has 0 radical (unpaired) electrons. The Morgan fingerprint density at radius 2 is 1.82 bits per heavy atom. The van der Waals surface area contributed by atoms with Gasteiger partial charge in [-0.25, -0.2) is 0 Å². The molecule has 3 nitrogen and oxygen atoms in total. The van der Waals surface area contributed by atoms with Gasteiger partial charge < -0.3 is 9.88 Å². The summed E-state index contributed by atoms with van der Waals surface area (Å²) in [5, 5.41) is 3.38. The maximum absolute atomic E-state index is 10.9. The maximum atomic E-state index is 10.9. The number of hydrogen-bond donors (Lipinski definition) is 1. The van der Waals surface area contributed by atoms with Crippen molar-refractivity contribution in [3.8, 4) is 0 Å². The first-order valence-electron chi connectivity index (χ1n) is 5.71. The number of rotatable bonds is 4. The van der Waals surface area contributed by atoms with Crippen molar-refractivity contribution in [2.45, 2.75) is 13.5 Å². The molecule has 0 amide bonds. The van der Waals surface area contributed by atoms with E-state index < -0.39 is 0 Å². The van der Waals surface area contributed by atoms with Gasteiger partial charge in [0.15, 0.2) is 5.43 Å². The van der Waals surface area contributed by atoms with E-state index in [-0.39, 0.29) is 5.43 Å². The van der Waals surface area contributed by atoms with Gasteiger partial charge in [-0.05, 0) is 18.6 Å². The summed E-state index contributed by atoms with van der Waals surface area (Å²) in [5.41, 5.74) is 2.45. The van der Waals surface area contributed by atoms with E-state index in [1.165, 1.54) is 5.56 Å². The Morgan fingerprint density at radius 3 is 2.53 bits per heavy atom. The number of para-hydroxylation sites is 1. The molecule has 0 aliphatic rings. The predicted molar refractivity (Wildman–Crippen MR) is 70.4 cm³/mol. The molecule has 0 atom stereocenters. The van der Waals surface area contributed by atoms with Gasteiger partial charge in [-0.3, -0.25) is 4.79 Å². The molecule has 0 fully saturated rings. The third kappa shape index (κ3) is 3.21. The molecule has 0 unspecified atom stereocenters. The van der Waals surface area contributed by atoms with Crippen molar-refractivity contribution in [3.63, 3.8) is 0 Å². The van der Waals surface area contributed by atoms with Crippen LogP contribution < -0.4 is 10.7 Å². The average Bonchev–Trinajstić information content (AvgIpc) is 2.34. The second kappa shape index (κ2) is 5.34. The predicted octanol–water partition coefficient (Wildman–Crippen LogP) is 2.27. The van der Waals surface area contributed by atoms with E-state index in [0.717, 1.165) is 18.8 Å². The van der Waals surface area contributed by atoms with E-state index in [0.29, 0.717) is 0 Å². The van der Waals surface area contributed by atoms with Gasteiger partial charge in [0.1, 0.15) is 0 Å². The zero-order chi connectivity index (χ0) is 12.1. The zero-order valence-electron chi connectivity index (χ0n) is 9.89. The van der Waals surface area contributed by atoms with Crippen molar-refractivity contribution >= 4 is 5.69 Å². The molecule has 0 spiro atoms. The minimum atomic E-state index is 0.0492. The fourth-order valence-electron chi connectivity index (χ4n) is 1.68. The number of hydrogen-bond acceptors (Lipinski definition) is 2. The zero-order valence-corrected chi connectivity index (χ0v) is 9.89. The molecule has 0 bridgehead atoms. The van der Waals surface area contributed by atoms with Gasteiger partial charge in [0.05, 0.1) is 0 Å². The SMILES string of the molecule is Cc1ccccc1NCCn1ccc(=O)cc1. The highest BCUT2D eigenvalue weighted by Crippen LogP contribution is 2.12. The summed E-state index contributed by atoms with van der Waals surface area (Å²) < 4.78 is 1.99. The quantitative estimate of drug-likeness (QED) is 0.871. The first-order chi connectivity index (χ1) is 8.25. The smallest absolute Gasteiger partial charge is 0.181 e. The van der Waals surface area contributed by atoms with Gasteiger partial charge in [0, 0.05) is 43.3 Å². The van der Waals surface area contributed by atoms with Crippen LogP contribution in [0.1, 0.15) is 5.56 Å². The van der Waals surface area contributed by atoms with Crippen molar-refractivity contribution < 1.29 is 0 Å². The first kappa shape index (κ1) is 11.5. The number of nitrogens with one attached hydrogen (secondary N) is 1. The van der Waals surface area contributed by atoms with Gasteiger partial charge in [-0.15, -0.1) is 0 Å². The number of aromatic nitrogens is 1. The summed E-state index contributed by atoms with van der Waals surface area (Å²) in [6.07, 6.45) is 3.61. The Hall–Kier alpha value is -2.03. The Labute approximate surface area is 101 Å². The van der Waals surface area contributed by atoms with Crippen LogP contribution in [0.25, 0.3) is 0 Å². The Balaban J connectivity index is 1.90. The van der Waals surface area contributed by atoms with Crippen LogP contribution in [0.3, 0.4) is 0 Å². The van der Waals surface area contributed by atoms with Gasteiger partial charge in [0.25, 0.3) is 0 Å². The van der Waals surface area contributed by atoms with Crippen LogP contribution in [0, 0.1) is 6.92 Å². The van der Waals surface area contributed by atoms with Crippen LogP contribution in [0.4, 0.5) is 5.69 Å². The van der Waals surface area contributed by atoms with Crippen LogP contribution >= 0.6 is 0 Å². The van der Waals surface area contributed by atoms with Crippen molar-refractivity contribution in [2.24, 2.45) is 0 Å². The summed E-state index contributed by atoms with van der Waals surface area (Å²) in [7, 11) is 0. The molecule has 0 saturated carbocycles. The lowest BCUT2D eigenvalue weighted by atomic mass is 10.2. The van der Waals surface area contributed by atoms with Crippen LogP contribution in [-0.2, 0) is 6.54 Å². The van der Waals surface area contributed by atoms with Gasteiger partial charge >= 0.3 is 0 Å². The molecule has 0 aliphatic carbocycles. The highest BCUT2D eigenvalue weighted by Gasteiger charge is 1.95. The molecule has 88 valence electrons. The van der Waals surface area contributed by atoms with E-state index in [1.54, 1.807) is 12.1 Å². The summed E-state index contributed by atoms with van der Waals surface area (Å²) in [6.45, 7) is 3.77. The number of pyridine rings is 1. The lowest BCUT2D eigenvalue weighted by Gasteiger charge is -2.10. The topological polar surface area (TPSA) is 34.0 Å². The fraction of sp³-hybridized carbons (Fsp3) is 0.214. The molecule has 1 heterocycles. The van der Waals surface area contributed by atoms with Crippen molar-refractivity contribution in [1.29, 1.82) is 0 Å². The molecule has 1 aromatic heterocycles. The van der Waals surface area contributed by atoms with Crippen molar-refractivity contribution in [1.82, 2.24) is 4.57 Å². The fourth-order valence-corrected chi connectivity index (χ4v) is 1.68. The second-order valence-electron chi connectivity index (χ2n) is 4.01. The molecule has 1 N–H and O–H groups in total. The molecule has 0 saturated heterocycles. The maximum Gasteiger partial charge on any atom is 0.181 e. The minimum Gasteiger partial charge on any atom is -0.383 e. The summed E-state index contributed by atoms with van der Waals surface area (Å²) in [5.74, 6) is 0. The molecule has 0 aliphatic heterocycles. The summed E-state index contributed by atoms with van der Waals surface area (Å²) in [6, 6.07) is 11.4. The highest BCUT2D eigenvalue weighted by atomic mass is 16.1. The summed E-state index contributed by atoms with van der Waals surface area (Å²) in [4.78, 5) is 10.9. The molecular weight excluding hydrogens is 212 g/mol. The highest BCUT2D eigenvalue weighted by molar-refractivity contribution is 5.50. The Kier molecular flexibility index (Phi) is 3.60. The van der Waals surface area contributed by atoms with E-state index in [2.05, 4.69) is 24.4 Å². The van der Waals surface area contributed by atoms with Crippen molar-refractivity contribution in [3.05, 3.63) is 64.6 Å². The third-order valence-corrected chi connectivity index (χ3v) is 2.69. The third-order valence-electron chi connectivity index (χ3n) is 2.69. The molecule has 2 aromatic rings. The van der Waals surface area contributed by atoms with Crippen LogP contribution in [0.15, 0.2) is 53.6 Å². The van der Waals surface area contributed by atoms with Gasteiger partial charge in [-0.1, -0.05) is 18.2 Å². The minimum absolute atomic E-state index is 0.0492. The van der Waals surface area contributed by atoms with Crippen molar-refractivity contribution in [2.75, 3.05) is 11.9 Å². The van der Waals surface area contributed by atoms with Crippen LogP contribution in [-0.4, -0.2) is 11.1 Å². The molecular formula is C14H16N2O. The number of anilines is 1. The lowest BCUT2D eigenvalue weighted by Crippen LogP contribution is -2.12. The van der Waals surface area contributed by atoms with Gasteiger partial charge in [-0.2, -0.15) is 0 Å².